The van der Waals surface area contributed by atoms with E-state index in [-0.39, 0.29) is 11.5 Å². The van der Waals surface area contributed by atoms with Gasteiger partial charge in [-0.1, -0.05) is 42.5 Å². The number of rotatable bonds is 6. The van der Waals surface area contributed by atoms with Crippen LogP contribution in [0.25, 0.3) is 0 Å². The molecule has 1 amide bonds. The van der Waals surface area contributed by atoms with Gasteiger partial charge in [-0.15, -0.1) is 0 Å². The summed E-state index contributed by atoms with van der Waals surface area (Å²) in [5.41, 5.74) is 3.74. The maximum atomic E-state index is 12.8. The molecular weight excluding hydrogens is 428 g/mol. The monoisotopic (exact) mass is 456 g/mol. The first-order valence-electron chi connectivity index (χ1n) is 11.6. The van der Waals surface area contributed by atoms with E-state index in [1.54, 1.807) is 18.2 Å². The second-order valence-electron chi connectivity index (χ2n) is 8.68. The largest absolute Gasteiger partial charge is 0.478 e. The fraction of sp³-hybridized carbons (Fsp3) is 0.259. The fourth-order valence-corrected chi connectivity index (χ4v) is 4.81. The lowest BCUT2D eigenvalue weighted by Gasteiger charge is -2.41. The Kier molecular flexibility index (Phi) is 6.18. The molecule has 0 spiro atoms. The fourth-order valence-electron chi connectivity index (χ4n) is 4.81. The minimum Gasteiger partial charge on any atom is -0.478 e. The highest BCUT2D eigenvalue weighted by Crippen LogP contribution is 2.33. The maximum Gasteiger partial charge on any atom is 0.335 e. The number of nitrogens with one attached hydrogen (secondary N) is 1. The van der Waals surface area contributed by atoms with Crippen molar-refractivity contribution < 1.29 is 14.7 Å². The highest BCUT2D eigenvalue weighted by molar-refractivity contribution is 6.02. The highest BCUT2D eigenvalue weighted by atomic mass is 16.4. The molecule has 1 saturated heterocycles. The second kappa shape index (κ2) is 9.57. The molecule has 174 valence electrons. The summed E-state index contributed by atoms with van der Waals surface area (Å²) in [6.45, 7) is 5.45. The Balaban J connectivity index is 1.33. The number of carbonyl (C=O) groups is 2. The lowest BCUT2D eigenvalue weighted by Crippen LogP contribution is -2.52. The quantitative estimate of drug-likeness (QED) is 0.592. The minimum atomic E-state index is -0.979. The van der Waals surface area contributed by atoms with Gasteiger partial charge in [0.25, 0.3) is 5.91 Å². The number of hydrogen-bond acceptors (Lipinski definition) is 5. The van der Waals surface area contributed by atoms with Gasteiger partial charge in [0.05, 0.1) is 16.8 Å². The van der Waals surface area contributed by atoms with E-state index in [2.05, 4.69) is 44.3 Å². The van der Waals surface area contributed by atoms with Crippen LogP contribution in [0.15, 0.2) is 78.9 Å². The molecule has 0 bridgehead atoms. The molecule has 1 fully saturated rings. The number of benzene rings is 3. The Morgan fingerprint density at radius 2 is 1.62 bits per heavy atom. The van der Waals surface area contributed by atoms with E-state index in [0.717, 1.165) is 44.0 Å². The molecule has 7 heteroatoms. The average Bonchev–Trinajstić information content (AvgIpc) is 2.89. The third-order valence-corrected chi connectivity index (χ3v) is 6.64. The van der Waals surface area contributed by atoms with Gasteiger partial charge in [0.15, 0.2) is 0 Å². The molecular formula is C27H28N4O3. The molecule has 34 heavy (non-hydrogen) atoms. The average molecular weight is 457 g/mol. The predicted molar refractivity (Wildman–Crippen MR) is 132 cm³/mol. The lowest BCUT2D eigenvalue weighted by molar-refractivity contribution is 0.0696. The zero-order chi connectivity index (χ0) is 23.5. The van der Waals surface area contributed by atoms with E-state index >= 15 is 0 Å². The third-order valence-electron chi connectivity index (χ3n) is 6.64. The Bertz CT molecular complexity index is 1180. The maximum absolute atomic E-state index is 12.8. The van der Waals surface area contributed by atoms with Crippen LogP contribution < -0.4 is 15.1 Å². The van der Waals surface area contributed by atoms with E-state index in [1.807, 2.05) is 36.4 Å². The summed E-state index contributed by atoms with van der Waals surface area (Å²) in [6.07, 6.45) is -0.424. The first-order chi connectivity index (χ1) is 16.6. The second-order valence-corrected chi connectivity index (χ2v) is 8.68. The van der Waals surface area contributed by atoms with Crippen LogP contribution in [0.2, 0.25) is 0 Å². The molecule has 0 saturated carbocycles. The number of nitrogens with zero attached hydrogens (tertiary/aromatic N) is 3. The number of hydrogen-bond donors (Lipinski definition) is 2. The molecule has 0 radical (unpaired) electrons. The summed E-state index contributed by atoms with van der Waals surface area (Å²) in [7, 11) is 0. The SMILES string of the molecule is O=C(O)c1cccc(C2NC(=O)c3ccccc3N2CCN2CCN(c3ccccc3)CC2)c1. The van der Waals surface area contributed by atoms with Gasteiger partial charge in [-0.2, -0.15) is 0 Å². The van der Waals surface area contributed by atoms with Gasteiger partial charge in [0.2, 0.25) is 0 Å². The van der Waals surface area contributed by atoms with E-state index in [9.17, 15) is 14.7 Å². The van der Waals surface area contributed by atoms with Gasteiger partial charge in [0.1, 0.15) is 6.17 Å². The lowest BCUT2D eigenvalue weighted by atomic mass is 10.0. The van der Waals surface area contributed by atoms with Crippen LogP contribution in [0.3, 0.4) is 0 Å². The van der Waals surface area contributed by atoms with Crippen molar-refractivity contribution in [2.24, 2.45) is 0 Å². The minimum absolute atomic E-state index is 0.144. The van der Waals surface area contributed by atoms with Crippen molar-refractivity contribution in [2.45, 2.75) is 6.17 Å². The Hall–Kier alpha value is -3.84. The van der Waals surface area contributed by atoms with E-state index in [4.69, 9.17) is 0 Å². The molecule has 2 aliphatic heterocycles. The Morgan fingerprint density at radius 3 is 2.38 bits per heavy atom. The third kappa shape index (κ3) is 4.47. The van der Waals surface area contributed by atoms with Crippen molar-refractivity contribution >= 4 is 23.3 Å². The van der Waals surface area contributed by atoms with Crippen molar-refractivity contribution in [3.05, 3.63) is 95.6 Å². The van der Waals surface area contributed by atoms with E-state index < -0.39 is 12.1 Å². The van der Waals surface area contributed by atoms with Crippen LogP contribution in [-0.2, 0) is 0 Å². The number of piperazine rings is 1. The van der Waals surface area contributed by atoms with Crippen LogP contribution in [0.5, 0.6) is 0 Å². The molecule has 3 aromatic carbocycles. The molecule has 2 N–H and O–H groups in total. The van der Waals surface area contributed by atoms with Gasteiger partial charge < -0.3 is 20.2 Å². The standard InChI is InChI=1S/C27H28N4O3/c32-26-23-11-4-5-12-24(23)31(25(28-26)20-7-6-8-21(19-20)27(33)34)18-15-29-13-16-30(17-14-29)22-9-2-1-3-10-22/h1-12,19,25H,13-18H2,(H,28,32)(H,33,34). The van der Waals surface area contributed by atoms with E-state index in [1.165, 1.54) is 5.69 Å². The van der Waals surface area contributed by atoms with E-state index in [0.29, 0.717) is 12.1 Å². The summed E-state index contributed by atoms with van der Waals surface area (Å²) in [4.78, 5) is 31.4. The van der Waals surface area contributed by atoms with Crippen molar-refractivity contribution in [2.75, 3.05) is 49.1 Å². The molecule has 5 rings (SSSR count). The summed E-state index contributed by atoms with van der Waals surface area (Å²) in [5.74, 6) is -1.12. The molecule has 7 nitrogen and oxygen atoms in total. The molecule has 1 unspecified atom stereocenters. The zero-order valence-electron chi connectivity index (χ0n) is 18.9. The number of aromatic carboxylic acids is 1. The number of carboxylic acids is 1. The number of amides is 1. The van der Waals surface area contributed by atoms with Crippen LogP contribution in [0.1, 0.15) is 32.4 Å². The Labute approximate surface area is 199 Å². The first-order valence-corrected chi connectivity index (χ1v) is 11.6. The number of carboxylic acid groups (broad SMARTS) is 1. The molecule has 0 aliphatic carbocycles. The predicted octanol–water partition coefficient (Wildman–Crippen LogP) is 3.46. The van der Waals surface area contributed by atoms with Crippen molar-refractivity contribution in [3.63, 3.8) is 0 Å². The summed E-state index contributed by atoms with van der Waals surface area (Å²) in [5, 5.41) is 12.5. The van der Waals surface area contributed by atoms with Crippen LogP contribution >= 0.6 is 0 Å². The smallest absolute Gasteiger partial charge is 0.335 e. The number of fused-ring (bicyclic) bond motifs is 1. The molecule has 3 aromatic rings. The van der Waals surface area contributed by atoms with Crippen LogP contribution in [-0.4, -0.2) is 61.2 Å². The van der Waals surface area contributed by atoms with Crippen LogP contribution in [0, 0.1) is 0 Å². The van der Waals surface area contributed by atoms with Crippen molar-refractivity contribution in [3.8, 4) is 0 Å². The topological polar surface area (TPSA) is 76.1 Å². The summed E-state index contributed by atoms with van der Waals surface area (Å²) >= 11 is 0. The van der Waals surface area contributed by atoms with Gasteiger partial charge in [-0.3, -0.25) is 9.69 Å². The first kappa shape index (κ1) is 22.0. The molecule has 2 aliphatic rings. The molecule has 1 atom stereocenters. The summed E-state index contributed by atoms with van der Waals surface area (Å²) < 4.78 is 0. The van der Waals surface area contributed by atoms with Crippen molar-refractivity contribution in [1.29, 1.82) is 0 Å². The molecule has 0 aromatic heterocycles. The Morgan fingerprint density at radius 1 is 0.882 bits per heavy atom. The van der Waals surface area contributed by atoms with Gasteiger partial charge in [-0.05, 0) is 42.0 Å². The number of para-hydroxylation sites is 2. The highest BCUT2D eigenvalue weighted by Gasteiger charge is 2.32. The van der Waals surface area contributed by atoms with Crippen molar-refractivity contribution in [1.82, 2.24) is 10.2 Å². The van der Waals surface area contributed by atoms with Gasteiger partial charge in [0, 0.05) is 45.0 Å². The molecule has 2 heterocycles. The van der Waals surface area contributed by atoms with Gasteiger partial charge >= 0.3 is 5.97 Å². The van der Waals surface area contributed by atoms with Crippen LogP contribution in [0.4, 0.5) is 11.4 Å². The normalized spacial score (nSPS) is 18.4. The number of carbonyl (C=O) groups excluding carboxylic acids is 1. The number of anilines is 2. The zero-order valence-corrected chi connectivity index (χ0v) is 18.9. The summed E-state index contributed by atoms with van der Waals surface area (Å²) in [6, 6.07) is 24.9. The van der Waals surface area contributed by atoms with Gasteiger partial charge in [-0.25, -0.2) is 4.79 Å².